The van der Waals surface area contributed by atoms with Crippen LogP contribution in [0, 0.1) is 12.3 Å². The van der Waals surface area contributed by atoms with E-state index in [1.807, 2.05) is 49.4 Å². The van der Waals surface area contributed by atoms with Gasteiger partial charge in [-0.15, -0.1) is 0 Å². The maximum absolute atomic E-state index is 13.1. The van der Waals surface area contributed by atoms with Crippen molar-refractivity contribution in [2.75, 3.05) is 16.8 Å². The Labute approximate surface area is 155 Å². The average Bonchev–Trinajstić information content (AvgIpc) is 3.31. The number of anilines is 2. The number of halogens is 1. The van der Waals surface area contributed by atoms with Crippen molar-refractivity contribution in [3.8, 4) is 0 Å². The fourth-order valence-corrected chi connectivity index (χ4v) is 3.77. The molecule has 1 N–H and O–H groups in total. The molecule has 4 rings (SSSR count). The minimum Gasteiger partial charge on any atom is -0.325 e. The summed E-state index contributed by atoms with van der Waals surface area (Å²) in [5.41, 5.74) is 3.03. The van der Waals surface area contributed by atoms with E-state index in [4.69, 9.17) is 0 Å². The number of carbonyl (C=O) groups excluding carboxylic acids is 2. The number of carbonyl (C=O) groups is 2. The lowest BCUT2D eigenvalue weighted by molar-refractivity contribution is -0.132. The zero-order valence-corrected chi connectivity index (χ0v) is 15.6. The van der Waals surface area contributed by atoms with Crippen molar-refractivity contribution in [3.05, 3.63) is 58.1 Å². The van der Waals surface area contributed by atoms with Crippen LogP contribution in [0.15, 0.2) is 46.9 Å². The van der Waals surface area contributed by atoms with E-state index in [9.17, 15) is 9.59 Å². The van der Waals surface area contributed by atoms with Gasteiger partial charge >= 0.3 is 0 Å². The number of hydrogen-bond donors (Lipinski definition) is 1. The van der Waals surface area contributed by atoms with Crippen molar-refractivity contribution in [1.29, 1.82) is 0 Å². The van der Waals surface area contributed by atoms with Crippen molar-refractivity contribution in [3.63, 3.8) is 0 Å². The van der Waals surface area contributed by atoms with Gasteiger partial charge in [0.15, 0.2) is 0 Å². The first kappa shape index (κ1) is 16.3. The molecule has 2 aromatic carbocycles. The van der Waals surface area contributed by atoms with Gasteiger partial charge in [0, 0.05) is 22.4 Å². The molecule has 2 aliphatic rings. The zero-order valence-electron chi connectivity index (χ0n) is 14.0. The Morgan fingerprint density at radius 1 is 1.16 bits per heavy atom. The molecule has 0 saturated heterocycles. The molecule has 1 aliphatic heterocycles. The van der Waals surface area contributed by atoms with Crippen molar-refractivity contribution < 1.29 is 9.59 Å². The largest absolute Gasteiger partial charge is 0.325 e. The molecule has 1 aliphatic carbocycles. The lowest BCUT2D eigenvalue weighted by atomic mass is 10.0. The van der Waals surface area contributed by atoms with Gasteiger partial charge in [0.2, 0.25) is 11.8 Å². The zero-order chi connectivity index (χ0) is 17.6. The van der Waals surface area contributed by atoms with E-state index in [-0.39, 0.29) is 11.8 Å². The SMILES string of the molecule is Cc1ccc(NC(=O)C2(C(=O)N3CCc4ccccc43)CC2)cc1Br. The Kier molecular flexibility index (Phi) is 3.91. The third kappa shape index (κ3) is 2.76. The Balaban J connectivity index is 1.54. The predicted molar refractivity (Wildman–Crippen MR) is 102 cm³/mol. The summed E-state index contributed by atoms with van der Waals surface area (Å²) in [4.78, 5) is 27.7. The molecule has 128 valence electrons. The predicted octanol–water partition coefficient (Wildman–Crippen LogP) is 4.07. The second-order valence-corrected chi connectivity index (χ2v) is 7.69. The normalized spacial score (nSPS) is 17.1. The van der Waals surface area contributed by atoms with Gasteiger partial charge in [0.05, 0.1) is 0 Å². The molecule has 25 heavy (non-hydrogen) atoms. The number of hydrogen-bond acceptors (Lipinski definition) is 2. The molecule has 1 saturated carbocycles. The summed E-state index contributed by atoms with van der Waals surface area (Å²) < 4.78 is 0.940. The number of aryl methyl sites for hydroxylation is 1. The van der Waals surface area contributed by atoms with Crippen LogP contribution in [-0.4, -0.2) is 18.4 Å². The fraction of sp³-hybridized carbons (Fsp3) is 0.300. The first-order valence-corrected chi connectivity index (χ1v) is 9.28. The van der Waals surface area contributed by atoms with E-state index >= 15 is 0 Å². The van der Waals surface area contributed by atoms with Crippen LogP contribution in [0.25, 0.3) is 0 Å². The number of nitrogens with one attached hydrogen (secondary N) is 1. The molecule has 0 atom stereocenters. The quantitative estimate of drug-likeness (QED) is 0.792. The summed E-state index contributed by atoms with van der Waals surface area (Å²) in [6, 6.07) is 13.6. The van der Waals surface area contributed by atoms with Crippen LogP contribution in [0.4, 0.5) is 11.4 Å². The Bertz CT molecular complexity index is 874. The van der Waals surface area contributed by atoms with Crippen LogP contribution < -0.4 is 10.2 Å². The molecular formula is C20H19BrN2O2. The van der Waals surface area contributed by atoms with Gasteiger partial charge in [-0.2, -0.15) is 0 Å². The van der Waals surface area contributed by atoms with Gasteiger partial charge in [-0.25, -0.2) is 0 Å². The standard InChI is InChI=1S/C20H19BrN2O2/c1-13-6-7-15(12-16(13)21)22-18(24)20(9-10-20)19(25)23-11-8-14-4-2-3-5-17(14)23/h2-7,12H,8-11H2,1H3,(H,22,24). The Morgan fingerprint density at radius 2 is 1.92 bits per heavy atom. The molecule has 4 nitrogen and oxygen atoms in total. The topological polar surface area (TPSA) is 49.4 Å². The molecule has 2 amide bonds. The van der Waals surface area contributed by atoms with Gasteiger partial charge in [-0.3, -0.25) is 9.59 Å². The van der Waals surface area contributed by atoms with Crippen molar-refractivity contribution in [2.45, 2.75) is 26.2 Å². The smallest absolute Gasteiger partial charge is 0.242 e. The van der Waals surface area contributed by atoms with Gasteiger partial charge in [0.25, 0.3) is 0 Å². The monoisotopic (exact) mass is 398 g/mol. The molecular weight excluding hydrogens is 380 g/mol. The number of nitrogens with zero attached hydrogens (tertiary/aromatic N) is 1. The second kappa shape index (κ2) is 5.99. The molecule has 2 aromatic rings. The van der Waals surface area contributed by atoms with E-state index in [0.717, 1.165) is 22.1 Å². The van der Waals surface area contributed by atoms with Crippen molar-refractivity contribution in [1.82, 2.24) is 0 Å². The molecule has 1 heterocycles. The first-order valence-electron chi connectivity index (χ1n) is 8.49. The van der Waals surface area contributed by atoms with Crippen LogP contribution >= 0.6 is 15.9 Å². The Hall–Kier alpha value is -2.14. The maximum Gasteiger partial charge on any atom is 0.242 e. The second-order valence-electron chi connectivity index (χ2n) is 6.84. The van der Waals surface area contributed by atoms with E-state index in [1.165, 1.54) is 5.56 Å². The number of para-hydroxylation sites is 1. The lowest BCUT2D eigenvalue weighted by Crippen LogP contribution is -2.42. The Morgan fingerprint density at radius 3 is 2.64 bits per heavy atom. The van der Waals surface area contributed by atoms with Crippen LogP contribution in [-0.2, 0) is 16.0 Å². The molecule has 0 spiro atoms. The minimum atomic E-state index is -0.908. The number of rotatable bonds is 3. The first-order chi connectivity index (χ1) is 12.0. The summed E-state index contributed by atoms with van der Waals surface area (Å²) in [7, 11) is 0. The molecule has 0 aromatic heterocycles. The van der Waals surface area contributed by atoms with Gasteiger partial charge < -0.3 is 10.2 Å². The van der Waals surface area contributed by atoms with E-state index in [2.05, 4.69) is 21.2 Å². The maximum atomic E-state index is 13.1. The summed E-state index contributed by atoms with van der Waals surface area (Å²) >= 11 is 3.48. The number of amides is 2. The lowest BCUT2D eigenvalue weighted by Gasteiger charge is -2.23. The number of fused-ring (bicyclic) bond motifs is 1. The van der Waals surface area contributed by atoms with Gasteiger partial charge in [0.1, 0.15) is 5.41 Å². The highest BCUT2D eigenvalue weighted by atomic mass is 79.9. The van der Waals surface area contributed by atoms with Gasteiger partial charge in [-0.1, -0.05) is 40.2 Å². The summed E-state index contributed by atoms with van der Waals surface area (Å²) in [6.45, 7) is 2.65. The van der Waals surface area contributed by atoms with Crippen LogP contribution in [0.1, 0.15) is 24.0 Å². The van der Waals surface area contributed by atoms with Crippen molar-refractivity contribution in [2.24, 2.45) is 5.41 Å². The van der Waals surface area contributed by atoms with Gasteiger partial charge in [-0.05, 0) is 55.5 Å². The highest BCUT2D eigenvalue weighted by molar-refractivity contribution is 9.10. The third-order valence-electron chi connectivity index (χ3n) is 5.16. The van der Waals surface area contributed by atoms with Crippen LogP contribution in [0.2, 0.25) is 0 Å². The summed E-state index contributed by atoms with van der Waals surface area (Å²) in [6.07, 6.45) is 2.08. The summed E-state index contributed by atoms with van der Waals surface area (Å²) in [5.74, 6) is -0.265. The van der Waals surface area contributed by atoms with Crippen LogP contribution in [0.3, 0.4) is 0 Å². The average molecular weight is 399 g/mol. The highest BCUT2D eigenvalue weighted by Gasteiger charge is 2.58. The third-order valence-corrected chi connectivity index (χ3v) is 6.01. The van der Waals surface area contributed by atoms with E-state index in [1.54, 1.807) is 4.90 Å². The van der Waals surface area contributed by atoms with E-state index in [0.29, 0.717) is 25.1 Å². The molecule has 5 heteroatoms. The number of benzene rings is 2. The fourth-order valence-electron chi connectivity index (χ4n) is 3.39. The summed E-state index contributed by atoms with van der Waals surface area (Å²) in [5, 5.41) is 2.92. The minimum absolute atomic E-state index is 0.0684. The molecule has 0 unspecified atom stereocenters. The van der Waals surface area contributed by atoms with Crippen molar-refractivity contribution >= 4 is 39.1 Å². The molecule has 0 radical (unpaired) electrons. The van der Waals surface area contributed by atoms with Crippen LogP contribution in [0.5, 0.6) is 0 Å². The molecule has 1 fully saturated rings. The molecule has 0 bridgehead atoms. The van der Waals surface area contributed by atoms with E-state index < -0.39 is 5.41 Å². The highest BCUT2D eigenvalue weighted by Crippen LogP contribution is 2.49.